The van der Waals surface area contributed by atoms with Gasteiger partial charge in [-0.25, -0.2) is 4.79 Å². The number of rotatable bonds is 5. The van der Waals surface area contributed by atoms with Crippen LogP contribution in [-0.2, 0) is 13.0 Å². The average molecular weight is 363 g/mol. The Kier molecular flexibility index (Phi) is 5.09. The van der Waals surface area contributed by atoms with Crippen LogP contribution in [0.2, 0.25) is 0 Å². The molecule has 1 fully saturated rings. The van der Waals surface area contributed by atoms with Crippen molar-refractivity contribution in [2.24, 2.45) is 5.92 Å². The van der Waals surface area contributed by atoms with Crippen molar-refractivity contribution in [2.75, 3.05) is 13.1 Å². The van der Waals surface area contributed by atoms with E-state index in [9.17, 15) is 4.79 Å². The third-order valence-corrected chi connectivity index (χ3v) is 4.73. The number of benzene rings is 1. The summed E-state index contributed by atoms with van der Waals surface area (Å²) in [6.45, 7) is 2.00. The molecule has 1 unspecified atom stereocenters. The Labute approximate surface area is 157 Å². The van der Waals surface area contributed by atoms with Gasteiger partial charge in [0.25, 0.3) is 5.89 Å². The van der Waals surface area contributed by atoms with Gasteiger partial charge < -0.3 is 14.7 Å². The van der Waals surface area contributed by atoms with E-state index in [0.29, 0.717) is 37.1 Å². The van der Waals surface area contributed by atoms with Crippen LogP contribution in [0, 0.1) is 5.92 Å². The van der Waals surface area contributed by atoms with Crippen LogP contribution in [0.5, 0.6) is 0 Å². The summed E-state index contributed by atoms with van der Waals surface area (Å²) in [7, 11) is 0. The van der Waals surface area contributed by atoms with Crippen molar-refractivity contribution in [3.8, 4) is 11.5 Å². The van der Waals surface area contributed by atoms with E-state index in [1.165, 1.54) is 0 Å². The fraction of sp³-hybridized carbons (Fsp3) is 0.300. The van der Waals surface area contributed by atoms with E-state index in [-0.39, 0.29) is 6.03 Å². The number of pyridine rings is 1. The van der Waals surface area contributed by atoms with E-state index >= 15 is 0 Å². The summed E-state index contributed by atoms with van der Waals surface area (Å²) in [5, 5.41) is 7.06. The minimum absolute atomic E-state index is 0.0214. The summed E-state index contributed by atoms with van der Waals surface area (Å²) in [5.41, 5.74) is 1.95. The Morgan fingerprint density at radius 1 is 1.19 bits per heavy atom. The van der Waals surface area contributed by atoms with Gasteiger partial charge in [0.15, 0.2) is 5.82 Å². The Hall–Kier alpha value is -3.22. The second kappa shape index (κ2) is 7.99. The third-order valence-electron chi connectivity index (χ3n) is 4.73. The van der Waals surface area contributed by atoms with E-state index < -0.39 is 0 Å². The number of urea groups is 1. The third kappa shape index (κ3) is 4.31. The summed E-state index contributed by atoms with van der Waals surface area (Å²) < 4.78 is 5.34. The molecule has 7 nitrogen and oxygen atoms in total. The smallest absolute Gasteiger partial charge is 0.317 e. The van der Waals surface area contributed by atoms with Crippen molar-refractivity contribution >= 4 is 6.03 Å². The molecule has 2 aromatic heterocycles. The largest absolute Gasteiger partial charge is 0.334 e. The van der Waals surface area contributed by atoms with Crippen molar-refractivity contribution in [1.29, 1.82) is 0 Å². The molecule has 1 aliphatic rings. The van der Waals surface area contributed by atoms with Crippen molar-refractivity contribution in [3.05, 3.63) is 66.2 Å². The molecule has 0 aliphatic carbocycles. The molecule has 3 heterocycles. The summed E-state index contributed by atoms with van der Waals surface area (Å²) in [6, 6.07) is 13.6. The Morgan fingerprint density at radius 3 is 2.81 bits per heavy atom. The van der Waals surface area contributed by atoms with Crippen LogP contribution in [-0.4, -0.2) is 39.1 Å². The van der Waals surface area contributed by atoms with Gasteiger partial charge in [0.2, 0.25) is 0 Å². The molecule has 0 spiro atoms. The van der Waals surface area contributed by atoms with Gasteiger partial charge in [-0.3, -0.25) is 4.98 Å². The van der Waals surface area contributed by atoms with Gasteiger partial charge in [-0.2, -0.15) is 4.98 Å². The highest BCUT2D eigenvalue weighted by molar-refractivity contribution is 5.74. The number of carbonyl (C=O) groups excluding carboxylic acids is 1. The predicted molar refractivity (Wildman–Crippen MR) is 99.6 cm³/mol. The molecule has 0 radical (unpaired) electrons. The normalized spacial score (nSPS) is 16.4. The van der Waals surface area contributed by atoms with Crippen molar-refractivity contribution < 1.29 is 9.32 Å². The number of aromatic nitrogens is 3. The summed E-state index contributed by atoms with van der Waals surface area (Å²) in [4.78, 5) is 22.7. The van der Waals surface area contributed by atoms with Gasteiger partial charge in [-0.1, -0.05) is 35.5 Å². The molecule has 1 saturated heterocycles. The maximum Gasteiger partial charge on any atom is 0.317 e. The molecule has 1 aliphatic heterocycles. The maximum atomic E-state index is 12.4. The van der Waals surface area contributed by atoms with Gasteiger partial charge in [0, 0.05) is 44.0 Å². The van der Waals surface area contributed by atoms with Crippen LogP contribution in [0.25, 0.3) is 11.5 Å². The maximum absolute atomic E-state index is 12.4. The monoisotopic (exact) mass is 363 g/mol. The van der Waals surface area contributed by atoms with E-state index in [0.717, 1.165) is 24.1 Å². The quantitative estimate of drug-likeness (QED) is 0.753. The highest BCUT2D eigenvalue weighted by Crippen LogP contribution is 2.22. The van der Waals surface area contributed by atoms with Crippen LogP contribution < -0.4 is 5.32 Å². The second-order valence-electron chi connectivity index (χ2n) is 6.70. The molecule has 1 aromatic carbocycles. The highest BCUT2D eigenvalue weighted by Gasteiger charge is 2.27. The lowest BCUT2D eigenvalue weighted by Crippen LogP contribution is -2.38. The fourth-order valence-corrected chi connectivity index (χ4v) is 3.28. The first-order chi connectivity index (χ1) is 13.3. The molecular formula is C20H21N5O2. The first-order valence-corrected chi connectivity index (χ1v) is 9.07. The number of amides is 2. The molecule has 4 rings (SSSR count). The zero-order chi connectivity index (χ0) is 18.5. The Morgan fingerprint density at radius 2 is 2.00 bits per heavy atom. The van der Waals surface area contributed by atoms with Crippen LogP contribution in [0.4, 0.5) is 4.79 Å². The number of nitrogens with zero attached hydrogens (tertiary/aromatic N) is 4. The number of carbonyl (C=O) groups is 1. The molecule has 1 atom stereocenters. The summed E-state index contributed by atoms with van der Waals surface area (Å²) in [5.74, 6) is 1.52. The van der Waals surface area contributed by atoms with E-state index in [1.807, 2.05) is 47.4 Å². The fourth-order valence-electron chi connectivity index (χ4n) is 3.28. The van der Waals surface area contributed by atoms with Gasteiger partial charge in [0.1, 0.15) is 0 Å². The molecule has 138 valence electrons. The zero-order valence-electron chi connectivity index (χ0n) is 14.9. The number of hydrogen-bond acceptors (Lipinski definition) is 5. The van der Waals surface area contributed by atoms with E-state index in [4.69, 9.17) is 4.52 Å². The van der Waals surface area contributed by atoms with Crippen molar-refractivity contribution in [2.45, 2.75) is 19.4 Å². The molecule has 1 N–H and O–H groups in total. The lowest BCUT2D eigenvalue weighted by Gasteiger charge is -2.17. The molecule has 27 heavy (non-hydrogen) atoms. The molecule has 7 heteroatoms. The minimum Gasteiger partial charge on any atom is -0.334 e. The van der Waals surface area contributed by atoms with Crippen LogP contribution in [0.3, 0.4) is 0 Å². The second-order valence-corrected chi connectivity index (χ2v) is 6.70. The topological polar surface area (TPSA) is 84.2 Å². The number of likely N-dealkylation sites (tertiary alicyclic amines) is 1. The number of hydrogen-bond donors (Lipinski definition) is 1. The summed E-state index contributed by atoms with van der Waals surface area (Å²) >= 11 is 0. The molecular weight excluding hydrogens is 342 g/mol. The predicted octanol–water partition coefficient (Wildman–Crippen LogP) is 2.91. The van der Waals surface area contributed by atoms with Crippen molar-refractivity contribution in [3.63, 3.8) is 0 Å². The highest BCUT2D eigenvalue weighted by atomic mass is 16.5. The first-order valence-electron chi connectivity index (χ1n) is 9.07. The first kappa shape index (κ1) is 17.2. The molecule has 0 saturated carbocycles. The van der Waals surface area contributed by atoms with Crippen LogP contribution >= 0.6 is 0 Å². The lowest BCUT2D eigenvalue weighted by atomic mass is 10.1. The van der Waals surface area contributed by atoms with Gasteiger partial charge in [-0.05, 0) is 30.0 Å². The van der Waals surface area contributed by atoms with Gasteiger partial charge in [0.05, 0.1) is 0 Å². The molecule has 0 bridgehead atoms. The van der Waals surface area contributed by atoms with Crippen LogP contribution in [0.1, 0.15) is 17.8 Å². The van der Waals surface area contributed by atoms with E-state index in [2.05, 4.69) is 20.4 Å². The van der Waals surface area contributed by atoms with Gasteiger partial charge in [-0.15, -0.1) is 0 Å². The standard InChI is InChI=1S/C20H21N5O2/c26-20(22-13-15-4-2-1-3-5-15)25-11-8-16(14-25)12-18-23-19(27-24-18)17-6-9-21-10-7-17/h1-7,9-10,16H,8,11-14H2,(H,22,26). The summed E-state index contributed by atoms with van der Waals surface area (Å²) in [6.07, 6.45) is 5.04. The zero-order valence-corrected chi connectivity index (χ0v) is 14.9. The van der Waals surface area contributed by atoms with Gasteiger partial charge >= 0.3 is 6.03 Å². The molecule has 3 aromatic rings. The lowest BCUT2D eigenvalue weighted by molar-refractivity contribution is 0.206. The average Bonchev–Trinajstić information content (AvgIpc) is 3.38. The SMILES string of the molecule is O=C(NCc1ccccc1)N1CCC(Cc2noc(-c3ccncc3)n2)C1. The van der Waals surface area contributed by atoms with E-state index in [1.54, 1.807) is 12.4 Å². The minimum atomic E-state index is -0.0214. The Bertz CT molecular complexity index is 882. The van der Waals surface area contributed by atoms with Crippen LogP contribution in [0.15, 0.2) is 59.4 Å². The molecule has 2 amide bonds. The Balaban J connectivity index is 1.28. The van der Waals surface area contributed by atoms with Crippen molar-refractivity contribution in [1.82, 2.24) is 25.3 Å². The number of nitrogens with one attached hydrogen (secondary N) is 1.